The molecule has 1 N–H and O–H groups in total. The van der Waals surface area contributed by atoms with E-state index in [0.717, 1.165) is 42.8 Å². The Labute approximate surface area is 132 Å². The summed E-state index contributed by atoms with van der Waals surface area (Å²) in [4.78, 5) is 2.32. The van der Waals surface area contributed by atoms with E-state index in [1.165, 1.54) is 0 Å². The van der Waals surface area contributed by atoms with Crippen LogP contribution in [0.15, 0.2) is 67.2 Å². The van der Waals surface area contributed by atoms with E-state index >= 15 is 0 Å². The summed E-state index contributed by atoms with van der Waals surface area (Å²) in [6.07, 6.45) is 1.77. The van der Waals surface area contributed by atoms with Crippen molar-refractivity contribution in [2.45, 2.75) is 18.9 Å². The van der Waals surface area contributed by atoms with Gasteiger partial charge in [0.1, 0.15) is 0 Å². The molecule has 0 radical (unpaired) electrons. The summed E-state index contributed by atoms with van der Waals surface area (Å²) in [5, 5.41) is 10.7. The Morgan fingerprint density at radius 1 is 1.05 bits per heavy atom. The predicted molar refractivity (Wildman–Crippen MR) is 91.2 cm³/mol. The second kappa shape index (κ2) is 6.80. The lowest BCUT2D eigenvalue weighted by Crippen LogP contribution is -2.36. The van der Waals surface area contributed by atoms with Gasteiger partial charge in [-0.2, -0.15) is 0 Å². The van der Waals surface area contributed by atoms with Gasteiger partial charge in [-0.3, -0.25) is 0 Å². The van der Waals surface area contributed by atoms with Crippen LogP contribution in [-0.2, 0) is 0 Å². The van der Waals surface area contributed by atoms with Crippen LogP contribution in [-0.4, -0.2) is 23.1 Å². The van der Waals surface area contributed by atoms with Gasteiger partial charge in [-0.05, 0) is 24.0 Å². The summed E-state index contributed by atoms with van der Waals surface area (Å²) in [6.45, 7) is 6.14. The molecule has 0 saturated carbocycles. The number of aliphatic hydroxyl groups excluding tert-OH is 1. The summed E-state index contributed by atoms with van der Waals surface area (Å²) in [7, 11) is 0. The third-order valence-corrected chi connectivity index (χ3v) is 4.53. The Bertz CT molecular complexity index is 608. The number of benzene rings is 2. The van der Waals surface area contributed by atoms with Gasteiger partial charge in [0.05, 0.1) is 6.10 Å². The molecular weight excluding hydrogens is 270 g/mol. The van der Waals surface area contributed by atoms with Crippen LogP contribution in [0.5, 0.6) is 0 Å². The van der Waals surface area contributed by atoms with E-state index in [2.05, 4.69) is 23.6 Å². The van der Waals surface area contributed by atoms with Crippen LogP contribution in [0.25, 0.3) is 5.70 Å². The van der Waals surface area contributed by atoms with Crippen LogP contribution in [0.3, 0.4) is 0 Å². The van der Waals surface area contributed by atoms with Crippen molar-refractivity contribution in [3.63, 3.8) is 0 Å². The van der Waals surface area contributed by atoms with Gasteiger partial charge >= 0.3 is 0 Å². The van der Waals surface area contributed by atoms with Crippen LogP contribution in [0.4, 0.5) is 0 Å². The highest BCUT2D eigenvalue weighted by Crippen LogP contribution is 2.32. The van der Waals surface area contributed by atoms with Crippen LogP contribution in [0.1, 0.15) is 30.1 Å². The van der Waals surface area contributed by atoms with E-state index in [9.17, 15) is 5.11 Å². The zero-order valence-corrected chi connectivity index (χ0v) is 12.9. The highest BCUT2D eigenvalue weighted by molar-refractivity contribution is 5.61. The number of nitrogens with zero attached hydrogens (tertiary/aromatic N) is 1. The molecule has 1 aliphatic rings. The van der Waals surface area contributed by atoms with Crippen LogP contribution >= 0.6 is 0 Å². The Morgan fingerprint density at radius 3 is 2.36 bits per heavy atom. The molecule has 2 nitrogen and oxygen atoms in total. The van der Waals surface area contributed by atoms with Crippen molar-refractivity contribution >= 4 is 5.70 Å². The fourth-order valence-corrected chi connectivity index (χ4v) is 3.25. The van der Waals surface area contributed by atoms with Gasteiger partial charge in [-0.15, -0.1) is 0 Å². The molecule has 0 amide bonds. The van der Waals surface area contributed by atoms with E-state index < -0.39 is 6.10 Å². The van der Waals surface area contributed by atoms with Gasteiger partial charge in [-0.25, -0.2) is 0 Å². The van der Waals surface area contributed by atoms with Crippen molar-refractivity contribution in [1.29, 1.82) is 0 Å². The molecule has 0 bridgehead atoms. The number of hydrogen-bond acceptors (Lipinski definition) is 2. The smallest absolute Gasteiger partial charge is 0.0835 e. The van der Waals surface area contributed by atoms with E-state index in [0.29, 0.717) is 0 Å². The van der Waals surface area contributed by atoms with Gasteiger partial charge in [0, 0.05) is 24.7 Å². The molecule has 2 heteroatoms. The quantitative estimate of drug-likeness (QED) is 0.917. The molecule has 0 aromatic heterocycles. The van der Waals surface area contributed by atoms with Gasteiger partial charge in [0.15, 0.2) is 0 Å². The molecule has 0 aliphatic carbocycles. The normalized spacial score (nSPS) is 19.7. The molecule has 1 heterocycles. The van der Waals surface area contributed by atoms with Gasteiger partial charge in [0.25, 0.3) is 0 Å². The Morgan fingerprint density at radius 2 is 1.68 bits per heavy atom. The van der Waals surface area contributed by atoms with Gasteiger partial charge < -0.3 is 10.0 Å². The van der Waals surface area contributed by atoms with Crippen molar-refractivity contribution in [2.24, 2.45) is 5.92 Å². The van der Waals surface area contributed by atoms with Crippen LogP contribution in [0, 0.1) is 5.92 Å². The lowest BCUT2D eigenvalue weighted by molar-refractivity contribution is 0.0681. The maximum absolute atomic E-state index is 10.7. The van der Waals surface area contributed by atoms with E-state index in [1.54, 1.807) is 0 Å². The lowest BCUT2D eigenvalue weighted by Gasteiger charge is -2.37. The second-order valence-electron chi connectivity index (χ2n) is 6.02. The molecule has 1 fully saturated rings. The number of piperidine rings is 1. The van der Waals surface area contributed by atoms with E-state index in [-0.39, 0.29) is 5.92 Å². The third kappa shape index (κ3) is 3.23. The van der Waals surface area contributed by atoms with Crippen molar-refractivity contribution in [3.05, 3.63) is 78.4 Å². The summed E-state index contributed by atoms with van der Waals surface area (Å²) in [6, 6.07) is 20.3. The first kappa shape index (κ1) is 14.9. The standard InChI is InChI=1S/C20H23NO/c1-16(17-9-4-2-5-10-17)21-14-8-13-19(15-21)20(22)18-11-6-3-7-12-18/h2-7,9-12,19-20,22H,1,8,13-15H2. The number of hydrogen-bond donors (Lipinski definition) is 1. The SMILES string of the molecule is C=C(c1ccccc1)N1CCCC(C(O)c2ccccc2)C1. The Kier molecular flexibility index (Phi) is 4.59. The average Bonchev–Trinajstić information content (AvgIpc) is 2.62. The largest absolute Gasteiger partial charge is 0.388 e. The maximum atomic E-state index is 10.7. The van der Waals surface area contributed by atoms with E-state index in [4.69, 9.17) is 0 Å². The molecule has 0 spiro atoms. The van der Waals surface area contributed by atoms with Crippen molar-refractivity contribution in [2.75, 3.05) is 13.1 Å². The van der Waals surface area contributed by atoms with Gasteiger partial charge in [0.2, 0.25) is 0 Å². The fraction of sp³-hybridized carbons (Fsp3) is 0.300. The van der Waals surface area contributed by atoms with Crippen molar-refractivity contribution < 1.29 is 5.11 Å². The molecular formula is C20H23NO. The lowest BCUT2D eigenvalue weighted by atomic mass is 9.88. The zero-order valence-electron chi connectivity index (χ0n) is 12.9. The first-order valence-electron chi connectivity index (χ1n) is 7.98. The van der Waals surface area contributed by atoms with E-state index in [1.807, 2.05) is 48.5 Å². The predicted octanol–water partition coefficient (Wildman–Crippen LogP) is 4.10. The average molecular weight is 293 g/mol. The zero-order chi connectivity index (χ0) is 15.4. The molecule has 2 atom stereocenters. The molecule has 114 valence electrons. The first-order valence-corrected chi connectivity index (χ1v) is 7.98. The second-order valence-corrected chi connectivity index (χ2v) is 6.02. The number of aliphatic hydroxyl groups is 1. The number of rotatable bonds is 4. The third-order valence-electron chi connectivity index (χ3n) is 4.53. The molecule has 2 aromatic carbocycles. The maximum Gasteiger partial charge on any atom is 0.0835 e. The first-order chi connectivity index (χ1) is 10.8. The molecule has 2 aromatic rings. The molecule has 1 aliphatic heterocycles. The minimum Gasteiger partial charge on any atom is -0.388 e. The highest BCUT2D eigenvalue weighted by atomic mass is 16.3. The molecule has 22 heavy (non-hydrogen) atoms. The summed E-state index contributed by atoms with van der Waals surface area (Å²) in [5.74, 6) is 0.261. The molecule has 1 saturated heterocycles. The fourth-order valence-electron chi connectivity index (χ4n) is 3.25. The summed E-state index contributed by atoms with van der Waals surface area (Å²) in [5.41, 5.74) is 3.24. The highest BCUT2D eigenvalue weighted by Gasteiger charge is 2.27. The van der Waals surface area contributed by atoms with Crippen LogP contribution < -0.4 is 0 Å². The minimum absolute atomic E-state index is 0.261. The topological polar surface area (TPSA) is 23.5 Å². The van der Waals surface area contributed by atoms with Crippen LogP contribution in [0.2, 0.25) is 0 Å². The minimum atomic E-state index is -0.396. The Hall–Kier alpha value is -2.06. The monoisotopic (exact) mass is 293 g/mol. The summed E-state index contributed by atoms with van der Waals surface area (Å²) < 4.78 is 0. The Balaban J connectivity index is 1.70. The molecule has 2 unspecified atom stereocenters. The van der Waals surface area contributed by atoms with Crippen molar-refractivity contribution in [1.82, 2.24) is 4.90 Å². The molecule has 3 rings (SSSR count). The van der Waals surface area contributed by atoms with Crippen molar-refractivity contribution in [3.8, 4) is 0 Å². The summed E-state index contributed by atoms with van der Waals surface area (Å²) >= 11 is 0. The van der Waals surface area contributed by atoms with Gasteiger partial charge in [-0.1, -0.05) is 67.2 Å². The number of likely N-dealkylation sites (tertiary alicyclic amines) is 1.